The third-order valence-corrected chi connectivity index (χ3v) is 2.06. The van der Waals surface area contributed by atoms with Crippen molar-refractivity contribution in [1.29, 1.82) is 0 Å². The lowest BCUT2D eigenvalue weighted by Gasteiger charge is -2.23. The lowest BCUT2D eigenvalue weighted by molar-refractivity contribution is -0.870. The molecule has 0 heterocycles. The van der Waals surface area contributed by atoms with E-state index in [1.165, 1.54) is 19.3 Å². The number of halogens is 1. The van der Waals surface area contributed by atoms with E-state index < -0.39 is 0 Å². The smallest absolute Gasteiger partial charge is 0.0803 e. The highest BCUT2D eigenvalue weighted by Gasteiger charge is 2.04. The van der Waals surface area contributed by atoms with Crippen molar-refractivity contribution >= 4 is 0 Å². The van der Waals surface area contributed by atoms with E-state index in [0.717, 1.165) is 30.6 Å². The summed E-state index contributed by atoms with van der Waals surface area (Å²) in [4.78, 5) is 5.32. The van der Waals surface area contributed by atoms with Crippen LogP contribution < -0.4 is 17.9 Å². The van der Waals surface area contributed by atoms with E-state index in [1.807, 2.05) is 0 Å². The SMILES string of the molecule is CCCCCNOCCC[N+](C)(C)C.[Cl-]. The maximum atomic E-state index is 5.32. The van der Waals surface area contributed by atoms with Gasteiger partial charge in [-0.3, -0.25) is 0 Å². The Hall–Kier alpha value is 0.170. The summed E-state index contributed by atoms with van der Waals surface area (Å²) in [5, 5.41) is 0. The fourth-order valence-corrected chi connectivity index (χ4v) is 1.20. The molecule has 0 amide bonds. The van der Waals surface area contributed by atoms with Gasteiger partial charge in [0.15, 0.2) is 0 Å². The van der Waals surface area contributed by atoms with Crippen LogP contribution in [0.3, 0.4) is 0 Å². The lowest BCUT2D eigenvalue weighted by atomic mass is 10.3. The molecule has 0 radical (unpaired) electrons. The molecule has 0 aromatic carbocycles. The van der Waals surface area contributed by atoms with Gasteiger partial charge in [-0.25, -0.2) is 5.48 Å². The van der Waals surface area contributed by atoms with Gasteiger partial charge in [0, 0.05) is 13.0 Å². The third kappa shape index (κ3) is 16.8. The summed E-state index contributed by atoms with van der Waals surface area (Å²) in [5.74, 6) is 0. The van der Waals surface area contributed by atoms with E-state index in [9.17, 15) is 0 Å². The molecule has 0 saturated carbocycles. The monoisotopic (exact) mass is 238 g/mol. The minimum absolute atomic E-state index is 0. The highest BCUT2D eigenvalue weighted by atomic mass is 35.5. The van der Waals surface area contributed by atoms with Crippen molar-refractivity contribution in [3.8, 4) is 0 Å². The van der Waals surface area contributed by atoms with Crippen molar-refractivity contribution in [3.05, 3.63) is 0 Å². The number of rotatable bonds is 9. The van der Waals surface area contributed by atoms with E-state index in [4.69, 9.17) is 4.84 Å². The number of hydrogen-bond acceptors (Lipinski definition) is 2. The Kier molecular flexibility index (Phi) is 12.5. The van der Waals surface area contributed by atoms with Crippen LogP contribution in [-0.4, -0.2) is 45.3 Å². The maximum absolute atomic E-state index is 5.32. The molecule has 0 fully saturated rings. The molecule has 1 N–H and O–H groups in total. The maximum Gasteiger partial charge on any atom is 0.0803 e. The molecule has 0 bridgehead atoms. The van der Waals surface area contributed by atoms with Crippen molar-refractivity contribution < 1.29 is 21.7 Å². The summed E-state index contributed by atoms with van der Waals surface area (Å²) >= 11 is 0. The zero-order valence-corrected chi connectivity index (χ0v) is 11.4. The molecule has 94 valence electrons. The normalized spacial score (nSPS) is 11.2. The fourth-order valence-electron chi connectivity index (χ4n) is 1.20. The molecule has 0 saturated heterocycles. The average molecular weight is 239 g/mol. The first kappa shape index (κ1) is 17.6. The Bertz CT molecular complexity index is 126. The molecule has 0 aromatic rings. The second kappa shape index (κ2) is 10.7. The molecule has 0 unspecified atom stereocenters. The second-order valence-electron chi connectivity index (χ2n) is 4.82. The van der Waals surface area contributed by atoms with Crippen LogP contribution in [0.2, 0.25) is 0 Å². The van der Waals surface area contributed by atoms with Gasteiger partial charge in [-0.1, -0.05) is 19.8 Å². The molecule has 3 nitrogen and oxygen atoms in total. The van der Waals surface area contributed by atoms with E-state index in [-0.39, 0.29) is 12.4 Å². The van der Waals surface area contributed by atoms with Gasteiger partial charge >= 0.3 is 0 Å². The number of hydroxylamine groups is 1. The van der Waals surface area contributed by atoms with E-state index in [2.05, 4.69) is 33.5 Å². The summed E-state index contributed by atoms with van der Waals surface area (Å²) in [6, 6.07) is 0. The van der Waals surface area contributed by atoms with Gasteiger partial charge in [0.05, 0.1) is 34.3 Å². The largest absolute Gasteiger partial charge is 1.00 e. The molecule has 0 atom stereocenters. The first-order valence-corrected chi connectivity index (χ1v) is 5.71. The summed E-state index contributed by atoms with van der Waals surface area (Å²) in [6.45, 7) is 5.18. The van der Waals surface area contributed by atoms with Crippen molar-refractivity contribution in [2.24, 2.45) is 0 Å². The Morgan fingerprint density at radius 2 is 1.73 bits per heavy atom. The van der Waals surface area contributed by atoms with E-state index in [1.54, 1.807) is 0 Å². The first-order chi connectivity index (χ1) is 6.56. The standard InChI is InChI=1S/C11H27N2O.ClH/c1-5-6-7-9-12-14-11-8-10-13(2,3)4;/h12H,5-11H2,1-4H3;1H/q+1;/p-1. The minimum atomic E-state index is 0. The highest BCUT2D eigenvalue weighted by molar-refractivity contribution is 4.38. The van der Waals surface area contributed by atoms with Crippen molar-refractivity contribution in [2.75, 3.05) is 40.8 Å². The van der Waals surface area contributed by atoms with E-state index in [0.29, 0.717) is 0 Å². The van der Waals surface area contributed by atoms with Crippen LogP contribution in [0, 0.1) is 0 Å². The summed E-state index contributed by atoms with van der Waals surface area (Å²) in [7, 11) is 6.61. The molecule has 0 spiro atoms. The Labute approximate surface area is 101 Å². The van der Waals surface area contributed by atoms with Crippen LogP contribution in [0.1, 0.15) is 32.6 Å². The average Bonchev–Trinajstić information content (AvgIpc) is 2.08. The van der Waals surface area contributed by atoms with E-state index >= 15 is 0 Å². The number of unbranched alkanes of at least 4 members (excludes halogenated alkanes) is 2. The molecule has 0 aliphatic rings. The van der Waals surface area contributed by atoms with Gasteiger partial charge in [0.1, 0.15) is 0 Å². The number of hydrogen-bond donors (Lipinski definition) is 1. The van der Waals surface area contributed by atoms with Gasteiger partial charge in [0.2, 0.25) is 0 Å². The van der Waals surface area contributed by atoms with Crippen LogP contribution in [-0.2, 0) is 4.84 Å². The Morgan fingerprint density at radius 1 is 1.07 bits per heavy atom. The minimum Gasteiger partial charge on any atom is -1.00 e. The zero-order chi connectivity index (χ0) is 10.9. The van der Waals surface area contributed by atoms with Crippen LogP contribution in [0.4, 0.5) is 0 Å². The van der Waals surface area contributed by atoms with Crippen molar-refractivity contribution in [2.45, 2.75) is 32.6 Å². The number of quaternary nitrogens is 1. The molecule has 0 aliphatic carbocycles. The Balaban J connectivity index is 0. The summed E-state index contributed by atoms with van der Waals surface area (Å²) in [6.07, 6.45) is 4.88. The van der Waals surface area contributed by atoms with Crippen molar-refractivity contribution in [1.82, 2.24) is 5.48 Å². The topological polar surface area (TPSA) is 21.3 Å². The fraction of sp³-hybridized carbons (Fsp3) is 1.00. The van der Waals surface area contributed by atoms with Crippen LogP contribution >= 0.6 is 0 Å². The third-order valence-electron chi connectivity index (χ3n) is 2.06. The van der Waals surface area contributed by atoms with Crippen LogP contribution in [0.15, 0.2) is 0 Å². The molecule has 0 rings (SSSR count). The van der Waals surface area contributed by atoms with Crippen LogP contribution in [0.25, 0.3) is 0 Å². The van der Waals surface area contributed by atoms with Gasteiger partial charge in [-0.2, -0.15) is 0 Å². The molecular weight excluding hydrogens is 212 g/mol. The first-order valence-electron chi connectivity index (χ1n) is 5.71. The van der Waals surface area contributed by atoms with Crippen LogP contribution in [0.5, 0.6) is 0 Å². The van der Waals surface area contributed by atoms with Gasteiger partial charge in [-0.15, -0.1) is 0 Å². The second-order valence-corrected chi connectivity index (χ2v) is 4.82. The highest BCUT2D eigenvalue weighted by Crippen LogP contribution is 1.94. The lowest BCUT2D eigenvalue weighted by Crippen LogP contribution is -3.00. The molecule has 0 aromatic heterocycles. The zero-order valence-electron chi connectivity index (χ0n) is 10.7. The molecule has 4 heteroatoms. The molecule has 0 aliphatic heterocycles. The number of nitrogens with zero attached hydrogens (tertiary/aromatic N) is 1. The Morgan fingerprint density at radius 3 is 2.27 bits per heavy atom. The quantitative estimate of drug-likeness (QED) is 0.310. The predicted molar refractivity (Wildman–Crippen MR) is 61.0 cm³/mol. The predicted octanol–water partition coefficient (Wildman–Crippen LogP) is -1.20. The molecule has 15 heavy (non-hydrogen) atoms. The van der Waals surface area contributed by atoms with Gasteiger partial charge in [-0.05, 0) is 6.42 Å². The summed E-state index contributed by atoms with van der Waals surface area (Å²) < 4.78 is 1.01. The summed E-state index contributed by atoms with van der Waals surface area (Å²) in [5.41, 5.74) is 3.00. The molecular formula is C11H27ClN2O. The van der Waals surface area contributed by atoms with Gasteiger partial charge < -0.3 is 21.7 Å². The number of nitrogens with one attached hydrogen (secondary N) is 1. The van der Waals surface area contributed by atoms with Crippen molar-refractivity contribution in [3.63, 3.8) is 0 Å². The van der Waals surface area contributed by atoms with Gasteiger partial charge in [0.25, 0.3) is 0 Å².